The summed E-state index contributed by atoms with van der Waals surface area (Å²) >= 11 is 0. The molecule has 0 aromatic rings. The zero-order valence-electron chi connectivity index (χ0n) is 7.81. The number of hydrogen-bond acceptors (Lipinski definition) is 2. The summed E-state index contributed by atoms with van der Waals surface area (Å²) in [5, 5.41) is 0. The smallest absolute Gasteiger partial charge is 0.0617 e. The summed E-state index contributed by atoms with van der Waals surface area (Å²) in [4.78, 5) is 0. The lowest BCUT2D eigenvalue weighted by molar-refractivity contribution is 0.130. The van der Waals surface area contributed by atoms with Gasteiger partial charge in [0.25, 0.3) is 0 Å². The van der Waals surface area contributed by atoms with E-state index in [9.17, 15) is 0 Å². The van der Waals surface area contributed by atoms with Crippen molar-refractivity contribution in [3.05, 3.63) is 0 Å². The maximum absolute atomic E-state index is 5.78. The van der Waals surface area contributed by atoms with Crippen molar-refractivity contribution < 1.29 is 4.74 Å². The molecule has 1 atom stereocenters. The third-order valence-corrected chi connectivity index (χ3v) is 1.71. The first kappa shape index (κ1) is 10.9. The molecule has 0 fully saturated rings. The van der Waals surface area contributed by atoms with Crippen LogP contribution in [0.1, 0.15) is 39.5 Å². The molecule has 0 aliphatic heterocycles. The number of hydrogen-bond donors (Lipinski definition) is 1. The average molecular weight is 159 g/mol. The van der Waals surface area contributed by atoms with E-state index in [-0.39, 0.29) is 6.04 Å². The summed E-state index contributed by atoms with van der Waals surface area (Å²) in [5.41, 5.74) is 5.78. The van der Waals surface area contributed by atoms with Crippen LogP contribution in [0.25, 0.3) is 0 Å². The van der Waals surface area contributed by atoms with Crippen molar-refractivity contribution in [2.45, 2.75) is 45.6 Å². The van der Waals surface area contributed by atoms with E-state index in [4.69, 9.17) is 10.5 Å². The van der Waals surface area contributed by atoms with E-state index in [1.807, 2.05) is 6.92 Å². The van der Waals surface area contributed by atoms with Crippen LogP contribution < -0.4 is 5.73 Å². The summed E-state index contributed by atoms with van der Waals surface area (Å²) in [6, 6.07) is 0.251. The second kappa shape index (κ2) is 8.02. The lowest BCUT2D eigenvalue weighted by atomic mass is 10.1. The minimum Gasteiger partial charge on any atom is -0.380 e. The molecule has 1 unspecified atom stereocenters. The van der Waals surface area contributed by atoms with Gasteiger partial charge in [0.1, 0.15) is 0 Å². The van der Waals surface area contributed by atoms with E-state index in [1.54, 1.807) is 0 Å². The van der Waals surface area contributed by atoms with E-state index >= 15 is 0 Å². The Balaban J connectivity index is 3.02. The van der Waals surface area contributed by atoms with E-state index in [0.717, 1.165) is 19.6 Å². The molecule has 0 saturated carbocycles. The minimum atomic E-state index is 0.251. The zero-order valence-corrected chi connectivity index (χ0v) is 7.81. The van der Waals surface area contributed by atoms with Crippen molar-refractivity contribution in [3.8, 4) is 0 Å². The van der Waals surface area contributed by atoms with Crippen LogP contribution in [-0.2, 0) is 4.74 Å². The van der Waals surface area contributed by atoms with Crippen molar-refractivity contribution in [3.63, 3.8) is 0 Å². The molecule has 2 heteroatoms. The van der Waals surface area contributed by atoms with Crippen LogP contribution >= 0.6 is 0 Å². The van der Waals surface area contributed by atoms with Crippen molar-refractivity contribution >= 4 is 0 Å². The Bertz CT molecular complexity index is 76.0. The minimum absolute atomic E-state index is 0.251. The number of nitrogens with two attached hydrogens (primary N) is 1. The molecule has 0 aromatic heterocycles. The molecule has 68 valence electrons. The van der Waals surface area contributed by atoms with Gasteiger partial charge in [0.15, 0.2) is 0 Å². The van der Waals surface area contributed by atoms with Crippen LogP contribution in [0.15, 0.2) is 0 Å². The third-order valence-electron chi connectivity index (χ3n) is 1.71. The second-order valence-electron chi connectivity index (χ2n) is 2.92. The van der Waals surface area contributed by atoms with Crippen LogP contribution in [0.4, 0.5) is 0 Å². The second-order valence-corrected chi connectivity index (χ2v) is 2.92. The first-order valence-electron chi connectivity index (χ1n) is 4.64. The van der Waals surface area contributed by atoms with E-state index in [2.05, 4.69) is 6.92 Å². The predicted octanol–water partition coefficient (Wildman–Crippen LogP) is 1.93. The van der Waals surface area contributed by atoms with E-state index < -0.39 is 0 Å². The monoisotopic (exact) mass is 159 g/mol. The van der Waals surface area contributed by atoms with Crippen molar-refractivity contribution in [1.82, 2.24) is 0 Å². The quantitative estimate of drug-likeness (QED) is 0.576. The number of unbranched alkanes of at least 4 members (excludes halogenated alkanes) is 2. The SMILES string of the molecule is CCCCCC(N)COCC. The Kier molecular flexibility index (Phi) is 7.96. The fourth-order valence-corrected chi connectivity index (χ4v) is 1.01. The third kappa shape index (κ3) is 7.82. The van der Waals surface area contributed by atoms with Crippen LogP contribution in [0.3, 0.4) is 0 Å². The normalized spacial score (nSPS) is 13.4. The summed E-state index contributed by atoms with van der Waals surface area (Å²) in [5.74, 6) is 0. The van der Waals surface area contributed by atoms with Gasteiger partial charge in [0.05, 0.1) is 6.61 Å². The van der Waals surface area contributed by atoms with Gasteiger partial charge in [0, 0.05) is 12.6 Å². The summed E-state index contributed by atoms with van der Waals surface area (Å²) in [6.45, 7) is 5.70. The van der Waals surface area contributed by atoms with Crippen molar-refractivity contribution in [1.29, 1.82) is 0 Å². The Labute approximate surface area is 70.1 Å². The molecule has 2 nitrogen and oxygen atoms in total. The van der Waals surface area contributed by atoms with Crippen LogP contribution in [0.5, 0.6) is 0 Å². The molecule has 0 amide bonds. The maximum Gasteiger partial charge on any atom is 0.0617 e. The Hall–Kier alpha value is -0.0800. The highest BCUT2D eigenvalue weighted by Crippen LogP contribution is 2.01. The van der Waals surface area contributed by atoms with Gasteiger partial charge < -0.3 is 10.5 Å². The summed E-state index contributed by atoms with van der Waals surface area (Å²) < 4.78 is 5.20. The number of ether oxygens (including phenoxy) is 1. The lowest BCUT2D eigenvalue weighted by Crippen LogP contribution is -2.25. The molecule has 0 spiro atoms. The molecular weight excluding hydrogens is 138 g/mol. The van der Waals surface area contributed by atoms with Crippen molar-refractivity contribution in [2.24, 2.45) is 5.73 Å². The first-order chi connectivity index (χ1) is 5.31. The molecular formula is C9H21NO. The fraction of sp³-hybridized carbons (Fsp3) is 1.00. The van der Waals surface area contributed by atoms with Gasteiger partial charge >= 0.3 is 0 Å². The Morgan fingerprint density at radius 1 is 1.27 bits per heavy atom. The first-order valence-corrected chi connectivity index (χ1v) is 4.64. The highest BCUT2D eigenvalue weighted by Gasteiger charge is 2.00. The highest BCUT2D eigenvalue weighted by atomic mass is 16.5. The number of rotatable bonds is 7. The maximum atomic E-state index is 5.78. The van der Waals surface area contributed by atoms with Crippen LogP contribution in [0, 0.1) is 0 Å². The van der Waals surface area contributed by atoms with Gasteiger partial charge in [-0.15, -0.1) is 0 Å². The van der Waals surface area contributed by atoms with Gasteiger partial charge in [-0.05, 0) is 13.3 Å². The summed E-state index contributed by atoms with van der Waals surface area (Å²) in [6.07, 6.45) is 4.90. The van der Waals surface area contributed by atoms with Crippen LogP contribution in [0.2, 0.25) is 0 Å². The average Bonchev–Trinajstić information content (AvgIpc) is 2.01. The summed E-state index contributed by atoms with van der Waals surface area (Å²) in [7, 11) is 0. The van der Waals surface area contributed by atoms with Gasteiger partial charge in [-0.25, -0.2) is 0 Å². The molecule has 0 aliphatic carbocycles. The highest BCUT2D eigenvalue weighted by molar-refractivity contribution is 4.59. The zero-order chi connectivity index (χ0) is 8.53. The Morgan fingerprint density at radius 3 is 2.55 bits per heavy atom. The molecule has 2 N–H and O–H groups in total. The van der Waals surface area contributed by atoms with E-state index in [0.29, 0.717) is 0 Å². The predicted molar refractivity (Wildman–Crippen MR) is 48.6 cm³/mol. The topological polar surface area (TPSA) is 35.2 Å². The molecule has 0 bridgehead atoms. The molecule has 0 aromatic carbocycles. The van der Waals surface area contributed by atoms with Crippen molar-refractivity contribution in [2.75, 3.05) is 13.2 Å². The fourth-order valence-electron chi connectivity index (χ4n) is 1.01. The molecule has 0 radical (unpaired) electrons. The molecule has 0 rings (SSSR count). The molecule has 0 aliphatic rings. The standard InChI is InChI=1S/C9H21NO/c1-3-5-6-7-9(10)8-11-4-2/h9H,3-8,10H2,1-2H3. The van der Waals surface area contributed by atoms with Crippen LogP contribution in [-0.4, -0.2) is 19.3 Å². The largest absolute Gasteiger partial charge is 0.380 e. The molecule has 11 heavy (non-hydrogen) atoms. The van der Waals surface area contributed by atoms with Gasteiger partial charge in [0.2, 0.25) is 0 Å². The Morgan fingerprint density at radius 2 is 2.00 bits per heavy atom. The van der Waals surface area contributed by atoms with Gasteiger partial charge in [-0.3, -0.25) is 0 Å². The molecule has 0 saturated heterocycles. The van der Waals surface area contributed by atoms with Gasteiger partial charge in [-0.2, -0.15) is 0 Å². The molecule has 0 heterocycles. The van der Waals surface area contributed by atoms with Gasteiger partial charge in [-0.1, -0.05) is 26.2 Å². The lowest BCUT2D eigenvalue weighted by Gasteiger charge is -2.10. The van der Waals surface area contributed by atoms with E-state index in [1.165, 1.54) is 19.3 Å².